The lowest BCUT2D eigenvalue weighted by Crippen LogP contribution is -2.20. The molecule has 5 nitrogen and oxygen atoms in total. The Morgan fingerprint density at radius 2 is 1.54 bits per heavy atom. The summed E-state index contributed by atoms with van der Waals surface area (Å²) in [6.07, 6.45) is 0. The Morgan fingerprint density at radius 1 is 0.958 bits per heavy atom. The van der Waals surface area contributed by atoms with Crippen LogP contribution in [0.2, 0.25) is 0 Å². The van der Waals surface area contributed by atoms with Crippen molar-refractivity contribution in [2.24, 2.45) is 5.73 Å². The van der Waals surface area contributed by atoms with Gasteiger partial charge in [-0.1, -0.05) is 60.7 Å². The second-order valence-electron chi connectivity index (χ2n) is 4.97. The number of benzene rings is 2. The van der Waals surface area contributed by atoms with Gasteiger partial charge in [0, 0.05) is 11.1 Å². The van der Waals surface area contributed by atoms with Gasteiger partial charge < -0.3 is 10.5 Å². The van der Waals surface area contributed by atoms with Gasteiger partial charge in [0.2, 0.25) is 0 Å². The molecule has 1 heterocycles. The molecule has 0 radical (unpaired) electrons. The summed E-state index contributed by atoms with van der Waals surface area (Å²) in [5.41, 5.74) is 7.29. The molecule has 2 N–H and O–H groups in total. The molecule has 2 aromatic carbocycles. The molecule has 1 amide bonds. The fraction of sp³-hybridized carbons (Fsp3) is 0.0556. The van der Waals surface area contributed by atoms with Crippen LogP contribution >= 0.6 is 11.3 Å². The van der Waals surface area contributed by atoms with Gasteiger partial charge in [-0.25, -0.2) is 9.78 Å². The zero-order valence-electron chi connectivity index (χ0n) is 12.6. The van der Waals surface area contributed by atoms with Crippen LogP contribution in [0.5, 0.6) is 0 Å². The third kappa shape index (κ3) is 3.49. The number of nitrogens with zero attached hydrogens (tertiary/aromatic N) is 1. The largest absolute Gasteiger partial charge is 0.451 e. The fourth-order valence-electron chi connectivity index (χ4n) is 2.16. The van der Waals surface area contributed by atoms with E-state index in [1.807, 2.05) is 60.7 Å². The van der Waals surface area contributed by atoms with Crippen LogP contribution in [-0.4, -0.2) is 23.5 Å². The predicted octanol–water partition coefficient (Wildman–Crippen LogP) is 3.12. The Balaban J connectivity index is 2.03. The zero-order chi connectivity index (χ0) is 16.9. The lowest BCUT2D eigenvalue weighted by atomic mass is 10.1. The molecular weight excluding hydrogens is 324 g/mol. The van der Waals surface area contributed by atoms with Gasteiger partial charge in [-0.2, -0.15) is 0 Å². The molecule has 0 bridgehead atoms. The summed E-state index contributed by atoms with van der Waals surface area (Å²) < 4.78 is 4.96. The van der Waals surface area contributed by atoms with Gasteiger partial charge >= 0.3 is 5.97 Å². The van der Waals surface area contributed by atoms with Crippen molar-refractivity contribution in [3.8, 4) is 21.8 Å². The lowest BCUT2D eigenvalue weighted by molar-refractivity contribution is -0.121. The summed E-state index contributed by atoms with van der Waals surface area (Å²) in [5, 5.41) is 0.709. The average molecular weight is 338 g/mol. The van der Waals surface area contributed by atoms with E-state index in [2.05, 4.69) is 4.98 Å². The molecular formula is C18H14N2O3S. The highest BCUT2D eigenvalue weighted by Gasteiger charge is 2.21. The summed E-state index contributed by atoms with van der Waals surface area (Å²) in [6, 6.07) is 18.9. The van der Waals surface area contributed by atoms with E-state index in [4.69, 9.17) is 10.5 Å². The van der Waals surface area contributed by atoms with Crippen LogP contribution in [0.3, 0.4) is 0 Å². The van der Waals surface area contributed by atoms with Crippen molar-refractivity contribution >= 4 is 23.2 Å². The maximum atomic E-state index is 12.3. The molecule has 0 aliphatic heterocycles. The van der Waals surface area contributed by atoms with Crippen molar-refractivity contribution in [2.45, 2.75) is 0 Å². The van der Waals surface area contributed by atoms with Gasteiger partial charge in [0.15, 0.2) is 6.61 Å². The average Bonchev–Trinajstić information content (AvgIpc) is 3.06. The molecule has 0 spiro atoms. The third-order valence-electron chi connectivity index (χ3n) is 3.23. The molecule has 0 unspecified atom stereocenters. The first kappa shape index (κ1) is 15.9. The van der Waals surface area contributed by atoms with E-state index in [1.165, 1.54) is 11.3 Å². The van der Waals surface area contributed by atoms with Crippen molar-refractivity contribution in [1.29, 1.82) is 0 Å². The van der Waals surface area contributed by atoms with Crippen molar-refractivity contribution in [1.82, 2.24) is 4.98 Å². The van der Waals surface area contributed by atoms with Gasteiger partial charge in [-0.15, -0.1) is 11.3 Å². The van der Waals surface area contributed by atoms with Crippen LogP contribution in [0, 0.1) is 0 Å². The number of thiazole rings is 1. The minimum Gasteiger partial charge on any atom is -0.451 e. The minimum atomic E-state index is -0.697. The standard InChI is InChI=1S/C18H14N2O3S/c19-14(21)11-23-18(22)16-15(12-7-3-1-4-8-12)20-17(24-16)13-9-5-2-6-10-13/h1-10H,11H2,(H2,19,21). The van der Waals surface area contributed by atoms with Gasteiger partial charge in [-0.05, 0) is 0 Å². The SMILES string of the molecule is NC(=O)COC(=O)c1sc(-c2ccccc2)nc1-c1ccccc1. The molecule has 6 heteroatoms. The first-order valence-electron chi connectivity index (χ1n) is 7.22. The number of hydrogen-bond acceptors (Lipinski definition) is 5. The van der Waals surface area contributed by atoms with Crippen LogP contribution in [0.4, 0.5) is 0 Å². The fourth-order valence-corrected chi connectivity index (χ4v) is 3.14. The molecule has 0 atom stereocenters. The smallest absolute Gasteiger partial charge is 0.351 e. The van der Waals surface area contributed by atoms with Crippen LogP contribution in [0.25, 0.3) is 21.8 Å². The van der Waals surface area contributed by atoms with Crippen molar-refractivity contribution in [2.75, 3.05) is 6.61 Å². The van der Waals surface area contributed by atoms with Crippen LogP contribution in [0.1, 0.15) is 9.67 Å². The second kappa shape index (κ2) is 7.06. The monoisotopic (exact) mass is 338 g/mol. The number of esters is 1. The second-order valence-corrected chi connectivity index (χ2v) is 5.97. The van der Waals surface area contributed by atoms with Crippen molar-refractivity contribution < 1.29 is 14.3 Å². The van der Waals surface area contributed by atoms with Gasteiger partial charge in [-0.3, -0.25) is 4.79 Å². The number of amides is 1. The Morgan fingerprint density at radius 3 is 2.12 bits per heavy atom. The normalized spacial score (nSPS) is 10.3. The number of ether oxygens (including phenoxy) is 1. The molecule has 120 valence electrons. The number of aromatic nitrogens is 1. The van der Waals surface area contributed by atoms with E-state index >= 15 is 0 Å². The molecule has 3 rings (SSSR count). The molecule has 0 aliphatic rings. The van der Waals surface area contributed by atoms with Crippen LogP contribution in [0.15, 0.2) is 60.7 Å². The van der Waals surface area contributed by atoms with E-state index in [1.54, 1.807) is 0 Å². The first-order chi connectivity index (χ1) is 11.6. The molecule has 0 saturated carbocycles. The highest BCUT2D eigenvalue weighted by Crippen LogP contribution is 2.34. The minimum absolute atomic E-state index is 0.348. The number of carbonyl (C=O) groups is 2. The maximum absolute atomic E-state index is 12.3. The Hall–Kier alpha value is -2.99. The Bertz CT molecular complexity index is 860. The summed E-state index contributed by atoms with van der Waals surface area (Å²) in [6.45, 7) is -0.453. The number of nitrogens with two attached hydrogens (primary N) is 1. The highest BCUT2D eigenvalue weighted by atomic mass is 32.1. The Labute approximate surface area is 142 Å². The Kier molecular flexibility index (Phi) is 4.67. The molecule has 0 saturated heterocycles. The molecule has 24 heavy (non-hydrogen) atoms. The highest BCUT2D eigenvalue weighted by molar-refractivity contribution is 7.17. The van der Waals surface area contributed by atoms with E-state index in [9.17, 15) is 9.59 Å². The summed E-state index contributed by atoms with van der Waals surface area (Å²) in [5.74, 6) is -1.30. The molecule has 0 fully saturated rings. The number of carbonyl (C=O) groups excluding carboxylic acids is 2. The van der Waals surface area contributed by atoms with Crippen molar-refractivity contribution in [3.63, 3.8) is 0 Å². The summed E-state index contributed by atoms with van der Waals surface area (Å²) in [7, 11) is 0. The van der Waals surface area contributed by atoms with Crippen LogP contribution in [-0.2, 0) is 9.53 Å². The van der Waals surface area contributed by atoms with Crippen molar-refractivity contribution in [3.05, 3.63) is 65.5 Å². The van der Waals surface area contributed by atoms with Gasteiger partial charge in [0.25, 0.3) is 5.91 Å². The lowest BCUT2D eigenvalue weighted by Gasteiger charge is -2.02. The van der Waals surface area contributed by atoms with Gasteiger partial charge in [0.05, 0.1) is 5.69 Å². The van der Waals surface area contributed by atoms with E-state index in [-0.39, 0.29) is 0 Å². The number of hydrogen-bond donors (Lipinski definition) is 1. The van der Waals surface area contributed by atoms with E-state index in [0.717, 1.165) is 11.1 Å². The van der Waals surface area contributed by atoms with Gasteiger partial charge in [0.1, 0.15) is 9.88 Å². The quantitative estimate of drug-likeness (QED) is 0.725. The summed E-state index contributed by atoms with van der Waals surface area (Å²) >= 11 is 1.23. The zero-order valence-corrected chi connectivity index (χ0v) is 13.5. The third-order valence-corrected chi connectivity index (χ3v) is 4.31. The maximum Gasteiger partial charge on any atom is 0.351 e. The first-order valence-corrected chi connectivity index (χ1v) is 8.04. The predicted molar refractivity (Wildman–Crippen MR) is 92.5 cm³/mol. The molecule has 1 aromatic heterocycles. The molecule has 0 aliphatic carbocycles. The van der Waals surface area contributed by atoms with E-state index < -0.39 is 18.5 Å². The number of primary amides is 1. The topological polar surface area (TPSA) is 82.3 Å². The summed E-state index contributed by atoms with van der Waals surface area (Å²) in [4.78, 5) is 28.1. The van der Waals surface area contributed by atoms with Crippen LogP contribution < -0.4 is 5.73 Å². The number of rotatable bonds is 5. The van der Waals surface area contributed by atoms with E-state index in [0.29, 0.717) is 15.6 Å². The molecule has 3 aromatic rings.